The van der Waals surface area contributed by atoms with E-state index < -0.39 is 0 Å². The SMILES string of the molecule is CC(N)c1ccccc1C(=O)c1ccccc1.Cl. The number of carbonyl (C=O) groups is 1. The van der Waals surface area contributed by atoms with Crippen molar-refractivity contribution in [2.24, 2.45) is 5.73 Å². The van der Waals surface area contributed by atoms with E-state index >= 15 is 0 Å². The largest absolute Gasteiger partial charge is 0.324 e. The van der Waals surface area contributed by atoms with Gasteiger partial charge >= 0.3 is 0 Å². The fourth-order valence-electron chi connectivity index (χ4n) is 1.85. The van der Waals surface area contributed by atoms with Gasteiger partial charge < -0.3 is 5.73 Å². The Morgan fingerprint density at radius 2 is 1.56 bits per heavy atom. The van der Waals surface area contributed by atoms with Crippen molar-refractivity contribution in [1.82, 2.24) is 0 Å². The third-order valence-electron chi connectivity index (χ3n) is 2.73. The van der Waals surface area contributed by atoms with Gasteiger partial charge in [0.15, 0.2) is 5.78 Å². The molecule has 3 heteroatoms. The smallest absolute Gasteiger partial charge is 0.193 e. The molecule has 1 unspecified atom stereocenters. The number of rotatable bonds is 3. The van der Waals surface area contributed by atoms with E-state index in [4.69, 9.17) is 5.73 Å². The van der Waals surface area contributed by atoms with Gasteiger partial charge in [-0.1, -0.05) is 54.6 Å². The van der Waals surface area contributed by atoms with E-state index in [1.54, 1.807) is 0 Å². The maximum absolute atomic E-state index is 12.3. The topological polar surface area (TPSA) is 43.1 Å². The van der Waals surface area contributed by atoms with Crippen molar-refractivity contribution < 1.29 is 4.79 Å². The first-order valence-corrected chi connectivity index (χ1v) is 5.64. The molecule has 0 spiro atoms. The van der Waals surface area contributed by atoms with Crippen LogP contribution in [0.15, 0.2) is 54.6 Å². The van der Waals surface area contributed by atoms with Gasteiger partial charge in [0.2, 0.25) is 0 Å². The van der Waals surface area contributed by atoms with Crippen molar-refractivity contribution in [3.8, 4) is 0 Å². The van der Waals surface area contributed by atoms with Crippen LogP contribution >= 0.6 is 12.4 Å². The van der Waals surface area contributed by atoms with Crippen LogP contribution in [0.2, 0.25) is 0 Å². The third kappa shape index (κ3) is 2.97. The van der Waals surface area contributed by atoms with Gasteiger partial charge in [0.25, 0.3) is 0 Å². The molecule has 1 atom stereocenters. The average Bonchev–Trinajstić information content (AvgIpc) is 2.39. The van der Waals surface area contributed by atoms with E-state index in [1.807, 2.05) is 61.5 Å². The summed E-state index contributed by atoms with van der Waals surface area (Å²) in [5.41, 5.74) is 8.15. The minimum absolute atomic E-state index is 0. The van der Waals surface area contributed by atoms with Crippen LogP contribution in [0.3, 0.4) is 0 Å². The predicted octanol–water partition coefficient (Wildman–Crippen LogP) is 3.36. The minimum Gasteiger partial charge on any atom is -0.324 e. The highest BCUT2D eigenvalue weighted by Crippen LogP contribution is 2.19. The van der Waals surface area contributed by atoms with Crippen LogP contribution in [0.1, 0.15) is 34.5 Å². The van der Waals surface area contributed by atoms with Gasteiger partial charge in [0.05, 0.1) is 0 Å². The second-order valence-electron chi connectivity index (χ2n) is 4.07. The molecule has 0 aliphatic carbocycles. The first-order valence-electron chi connectivity index (χ1n) is 5.64. The fraction of sp³-hybridized carbons (Fsp3) is 0.133. The van der Waals surface area contributed by atoms with Gasteiger partial charge in [0, 0.05) is 17.2 Å². The zero-order valence-electron chi connectivity index (χ0n) is 10.2. The van der Waals surface area contributed by atoms with Gasteiger partial charge in [-0.15, -0.1) is 12.4 Å². The molecule has 0 aromatic heterocycles. The van der Waals surface area contributed by atoms with Crippen LogP contribution < -0.4 is 5.73 Å². The van der Waals surface area contributed by atoms with Gasteiger partial charge in [-0.25, -0.2) is 0 Å². The predicted molar refractivity (Wildman–Crippen MR) is 76.2 cm³/mol. The summed E-state index contributed by atoms with van der Waals surface area (Å²) in [6.07, 6.45) is 0. The first kappa shape index (κ1) is 14.4. The molecule has 0 amide bonds. The Morgan fingerprint density at radius 1 is 1.00 bits per heavy atom. The second-order valence-corrected chi connectivity index (χ2v) is 4.07. The Balaban J connectivity index is 0.00000162. The van der Waals surface area contributed by atoms with Gasteiger partial charge in [0.1, 0.15) is 0 Å². The summed E-state index contributed by atoms with van der Waals surface area (Å²) in [6, 6.07) is 16.6. The van der Waals surface area contributed by atoms with Crippen LogP contribution in [-0.2, 0) is 0 Å². The quantitative estimate of drug-likeness (QED) is 0.861. The number of halogens is 1. The van der Waals surface area contributed by atoms with Crippen LogP contribution in [0.5, 0.6) is 0 Å². The minimum atomic E-state index is -0.140. The van der Waals surface area contributed by atoms with E-state index in [-0.39, 0.29) is 24.2 Å². The molecule has 2 N–H and O–H groups in total. The summed E-state index contributed by atoms with van der Waals surface area (Å²) in [5, 5.41) is 0. The van der Waals surface area contributed by atoms with E-state index in [1.165, 1.54) is 0 Å². The molecule has 0 radical (unpaired) electrons. The normalized spacial score (nSPS) is 11.4. The number of nitrogens with two attached hydrogens (primary N) is 1. The maximum atomic E-state index is 12.3. The molecule has 0 fully saturated rings. The highest BCUT2D eigenvalue weighted by molar-refractivity contribution is 6.09. The number of hydrogen-bond donors (Lipinski definition) is 1. The Hall–Kier alpha value is -1.64. The molecule has 0 saturated heterocycles. The number of carbonyl (C=O) groups excluding carboxylic acids is 1. The van der Waals surface area contributed by atoms with E-state index in [0.717, 1.165) is 5.56 Å². The molecule has 18 heavy (non-hydrogen) atoms. The Bertz CT molecular complexity index is 523. The fourth-order valence-corrected chi connectivity index (χ4v) is 1.85. The van der Waals surface area contributed by atoms with Crippen LogP contribution in [0.4, 0.5) is 0 Å². The lowest BCUT2D eigenvalue weighted by Crippen LogP contribution is -2.12. The maximum Gasteiger partial charge on any atom is 0.193 e. The molecule has 0 heterocycles. The standard InChI is InChI=1S/C15H15NO.ClH/c1-11(16)13-9-5-6-10-14(13)15(17)12-7-3-2-4-8-12;/h2-11H,16H2,1H3;1H. The summed E-state index contributed by atoms with van der Waals surface area (Å²) in [5.74, 6) is 0.0264. The van der Waals surface area contributed by atoms with Crippen molar-refractivity contribution in [1.29, 1.82) is 0 Å². The van der Waals surface area contributed by atoms with Crippen LogP contribution in [-0.4, -0.2) is 5.78 Å². The molecule has 2 aromatic rings. The van der Waals surface area contributed by atoms with E-state index in [2.05, 4.69) is 0 Å². The molecule has 0 saturated carbocycles. The Kier molecular flexibility index (Phi) is 5.08. The summed E-state index contributed by atoms with van der Waals surface area (Å²) in [7, 11) is 0. The second kappa shape index (κ2) is 6.34. The number of ketones is 1. The first-order chi connectivity index (χ1) is 8.20. The highest BCUT2D eigenvalue weighted by atomic mass is 35.5. The monoisotopic (exact) mass is 261 g/mol. The van der Waals surface area contributed by atoms with Crippen LogP contribution in [0.25, 0.3) is 0 Å². The van der Waals surface area contributed by atoms with Crippen molar-refractivity contribution in [2.75, 3.05) is 0 Å². The van der Waals surface area contributed by atoms with Crippen molar-refractivity contribution in [2.45, 2.75) is 13.0 Å². The molecular weight excluding hydrogens is 246 g/mol. The van der Waals surface area contributed by atoms with Gasteiger partial charge in [-0.3, -0.25) is 4.79 Å². The van der Waals surface area contributed by atoms with Gasteiger partial charge in [-0.05, 0) is 12.5 Å². The lowest BCUT2D eigenvalue weighted by atomic mass is 9.95. The molecule has 2 rings (SSSR count). The highest BCUT2D eigenvalue weighted by Gasteiger charge is 2.14. The molecule has 2 nitrogen and oxygen atoms in total. The zero-order valence-corrected chi connectivity index (χ0v) is 11.0. The van der Waals surface area contributed by atoms with Crippen LogP contribution in [0, 0.1) is 0 Å². The molecule has 0 aliphatic rings. The van der Waals surface area contributed by atoms with E-state index in [9.17, 15) is 4.79 Å². The van der Waals surface area contributed by atoms with Crippen molar-refractivity contribution in [3.05, 3.63) is 71.3 Å². The number of benzene rings is 2. The van der Waals surface area contributed by atoms with Crippen molar-refractivity contribution in [3.63, 3.8) is 0 Å². The molecule has 0 aliphatic heterocycles. The summed E-state index contributed by atoms with van der Waals surface area (Å²) < 4.78 is 0. The average molecular weight is 262 g/mol. The lowest BCUT2D eigenvalue weighted by molar-refractivity contribution is 0.103. The summed E-state index contributed by atoms with van der Waals surface area (Å²) in [6.45, 7) is 1.89. The van der Waals surface area contributed by atoms with Crippen molar-refractivity contribution >= 4 is 18.2 Å². The molecular formula is C15H16ClNO. The Labute approximate surface area is 113 Å². The third-order valence-corrected chi connectivity index (χ3v) is 2.73. The summed E-state index contributed by atoms with van der Waals surface area (Å²) >= 11 is 0. The molecule has 2 aromatic carbocycles. The Morgan fingerprint density at radius 3 is 2.17 bits per heavy atom. The number of hydrogen-bond acceptors (Lipinski definition) is 2. The zero-order chi connectivity index (χ0) is 12.3. The van der Waals surface area contributed by atoms with Gasteiger partial charge in [-0.2, -0.15) is 0 Å². The molecule has 94 valence electrons. The van der Waals surface area contributed by atoms with E-state index in [0.29, 0.717) is 11.1 Å². The summed E-state index contributed by atoms with van der Waals surface area (Å²) in [4.78, 5) is 12.3. The molecule has 0 bridgehead atoms. The lowest BCUT2D eigenvalue weighted by Gasteiger charge is -2.11.